The Morgan fingerprint density at radius 2 is 1.85 bits per heavy atom. The van der Waals surface area contributed by atoms with E-state index in [2.05, 4.69) is 20.2 Å². The Kier molecular flexibility index (Phi) is 4.67. The highest BCUT2D eigenvalue weighted by Crippen LogP contribution is 2.25. The van der Waals surface area contributed by atoms with Gasteiger partial charge in [0.25, 0.3) is 0 Å². The molecular weight excluding hydrogens is 346 g/mol. The molecule has 4 rings (SSSR count). The number of piperidine rings is 2. The number of anilines is 1. The van der Waals surface area contributed by atoms with E-state index >= 15 is 0 Å². The summed E-state index contributed by atoms with van der Waals surface area (Å²) in [5.41, 5.74) is 6.11. The van der Waals surface area contributed by atoms with E-state index < -0.39 is 0 Å². The lowest BCUT2D eigenvalue weighted by Gasteiger charge is -2.37. The molecule has 1 atom stereocenters. The molecule has 0 unspecified atom stereocenters. The topological polar surface area (TPSA) is 110 Å². The second-order valence-corrected chi connectivity index (χ2v) is 7.50. The van der Waals surface area contributed by atoms with Gasteiger partial charge in [0.05, 0.1) is 5.92 Å². The van der Waals surface area contributed by atoms with Crippen molar-refractivity contribution in [3.05, 3.63) is 18.0 Å². The Balaban J connectivity index is 1.43. The van der Waals surface area contributed by atoms with Crippen LogP contribution in [0.4, 0.5) is 5.82 Å². The first kappa shape index (κ1) is 17.7. The molecule has 2 aromatic rings. The molecule has 0 saturated carbocycles. The number of rotatable bonds is 3. The summed E-state index contributed by atoms with van der Waals surface area (Å²) in [4.78, 5) is 28.4. The second kappa shape index (κ2) is 7.13. The first-order chi connectivity index (χ1) is 13.0. The fraction of sp³-hybridized carbons (Fsp3) is 0.611. The summed E-state index contributed by atoms with van der Waals surface area (Å²) in [7, 11) is 0. The number of fused-ring (bicyclic) bond motifs is 1. The second-order valence-electron chi connectivity index (χ2n) is 7.50. The van der Waals surface area contributed by atoms with Gasteiger partial charge in [-0.3, -0.25) is 9.59 Å². The van der Waals surface area contributed by atoms with Crippen molar-refractivity contribution in [2.24, 2.45) is 17.6 Å². The molecule has 27 heavy (non-hydrogen) atoms. The number of hydrogen-bond acceptors (Lipinski definition) is 6. The zero-order valence-corrected chi connectivity index (χ0v) is 15.5. The van der Waals surface area contributed by atoms with E-state index in [-0.39, 0.29) is 23.7 Å². The molecular formula is C18H25N7O2. The molecule has 2 amide bonds. The van der Waals surface area contributed by atoms with Crippen LogP contribution in [0.5, 0.6) is 0 Å². The van der Waals surface area contributed by atoms with Crippen molar-refractivity contribution in [3.8, 4) is 0 Å². The number of nitrogens with two attached hydrogens (primary N) is 1. The molecule has 0 radical (unpaired) electrons. The number of hydrogen-bond donors (Lipinski definition) is 1. The van der Waals surface area contributed by atoms with E-state index in [4.69, 9.17) is 5.73 Å². The van der Waals surface area contributed by atoms with Gasteiger partial charge in [0, 0.05) is 32.1 Å². The van der Waals surface area contributed by atoms with Crippen molar-refractivity contribution >= 4 is 23.3 Å². The molecule has 2 aliphatic rings. The van der Waals surface area contributed by atoms with Gasteiger partial charge in [-0.05, 0) is 44.7 Å². The summed E-state index contributed by atoms with van der Waals surface area (Å²) in [5, 5.41) is 12.7. The van der Waals surface area contributed by atoms with Gasteiger partial charge in [0.1, 0.15) is 5.82 Å². The van der Waals surface area contributed by atoms with E-state index in [1.807, 2.05) is 24.0 Å². The largest absolute Gasteiger partial charge is 0.369 e. The van der Waals surface area contributed by atoms with Gasteiger partial charge in [-0.2, -0.15) is 4.52 Å². The number of aromatic nitrogens is 4. The third-order valence-electron chi connectivity index (χ3n) is 5.71. The van der Waals surface area contributed by atoms with Crippen LogP contribution in [0.2, 0.25) is 0 Å². The molecule has 9 heteroatoms. The molecule has 0 bridgehead atoms. The Labute approximate surface area is 157 Å². The minimum atomic E-state index is -0.253. The average molecular weight is 371 g/mol. The number of aryl methyl sites for hydroxylation is 1. The standard InChI is InChI=1S/C18H25N7O2/c1-12-20-21-15-4-5-16(22-25(12)15)24-8-2-3-14(11-24)18(27)23-9-6-13(7-10-23)17(19)26/h4-5,13-14H,2-3,6-11H2,1H3,(H2,19,26)/t14-/m1/s1. The number of nitrogens with zero attached hydrogens (tertiary/aromatic N) is 6. The zero-order chi connectivity index (χ0) is 19.0. The number of likely N-dealkylation sites (tertiary alicyclic amines) is 1. The fourth-order valence-corrected chi connectivity index (χ4v) is 4.08. The zero-order valence-electron chi connectivity index (χ0n) is 15.5. The predicted molar refractivity (Wildman–Crippen MR) is 99.0 cm³/mol. The lowest BCUT2D eigenvalue weighted by molar-refractivity contribution is -0.138. The molecule has 9 nitrogen and oxygen atoms in total. The molecule has 144 valence electrons. The van der Waals surface area contributed by atoms with Crippen LogP contribution in [-0.2, 0) is 9.59 Å². The summed E-state index contributed by atoms with van der Waals surface area (Å²) in [5.74, 6) is 1.38. The van der Waals surface area contributed by atoms with E-state index in [0.717, 1.165) is 36.7 Å². The van der Waals surface area contributed by atoms with E-state index in [9.17, 15) is 9.59 Å². The van der Waals surface area contributed by atoms with Gasteiger partial charge < -0.3 is 15.5 Å². The van der Waals surface area contributed by atoms with Crippen molar-refractivity contribution in [1.29, 1.82) is 0 Å². The monoisotopic (exact) mass is 371 g/mol. The van der Waals surface area contributed by atoms with Gasteiger partial charge in [-0.25, -0.2) is 0 Å². The molecule has 4 heterocycles. The predicted octanol–water partition coefficient (Wildman–Crippen LogP) is 0.373. The lowest BCUT2D eigenvalue weighted by atomic mass is 9.92. The smallest absolute Gasteiger partial charge is 0.227 e. The Bertz CT molecular complexity index is 857. The highest BCUT2D eigenvalue weighted by molar-refractivity contribution is 5.81. The number of amides is 2. The fourth-order valence-electron chi connectivity index (χ4n) is 4.08. The van der Waals surface area contributed by atoms with Crippen LogP contribution >= 0.6 is 0 Å². The summed E-state index contributed by atoms with van der Waals surface area (Å²) >= 11 is 0. The van der Waals surface area contributed by atoms with Crippen molar-refractivity contribution in [3.63, 3.8) is 0 Å². The van der Waals surface area contributed by atoms with Gasteiger partial charge in [0.2, 0.25) is 11.8 Å². The summed E-state index contributed by atoms with van der Waals surface area (Å²) < 4.78 is 1.73. The molecule has 0 aliphatic carbocycles. The van der Waals surface area contributed by atoms with Gasteiger partial charge >= 0.3 is 0 Å². The SMILES string of the molecule is Cc1nnc2ccc(N3CCC[C@@H](C(=O)N4CCC(C(N)=O)CC4)C3)nn12. The van der Waals surface area contributed by atoms with Crippen molar-refractivity contribution in [2.75, 3.05) is 31.1 Å². The molecule has 0 aromatic carbocycles. The molecule has 2 aliphatic heterocycles. The van der Waals surface area contributed by atoms with Crippen molar-refractivity contribution in [2.45, 2.75) is 32.6 Å². The lowest BCUT2D eigenvalue weighted by Crippen LogP contribution is -2.48. The molecule has 2 N–H and O–H groups in total. The minimum Gasteiger partial charge on any atom is -0.369 e. The van der Waals surface area contributed by atoms with Gasteiger partial charge in [-0.15, -0.1) is 15.3 Å². The maximum Gasteiger partial charge on any atom is 0.227 e. The summed E-state index contributed by atoms with van der Waals surface area (Å²) in [6.45, 7) is 4.65. The molecule has 2 aromatic heterocycles. The Morgan fingerprint density at radius 3 is 2.59 bits per heavy atom. The summed E-state index contributed by atoms with van der Waals surface area (Å²) in [6, 6.07) is 3.84. The van der Waals surface area contributed by atoms with Gasteiger partial charge in [0.15, 0.2) is 11.5 Å². The minimum absolute atomic E-state index is 0.0385. The van der Waals surface area contributed by atoms with Crippen LogP contribution in [0, 0.1) is 18.8 Å². The highest BCUT2D eigenvalue weighted by Gasteiger charge is 2.33. The highest BCUT2D eigenvalue weighted by atomic mass is 16.2. The number of primary amides is 1. The molecule has 2 fully saturated rings. The first-order valence-corrected chi connectivity index (χ1v) is 9.55. The van der Waals surface area contributed by atoms with Gasteiger partial charge in [-0.1, -0.05) is 0 Å². The normalized spacial score (nSPS) is 21.6. The van der Waals surface area contributed by atoms with Crippen LogP contribution in [-0.4, -0.2) is 62.7 Å². The van der Waals surface area contributed by atoms with E-state index in [1.54, 1.807) is 4.52 Å². The Hall–Kier alpha value is -2.71. The third kappa shape index (κ3) is 3.45. The van der Waals surface area contributed by atoms with Crippen LogP contribution in [0.15, 0.2) is 12.1 Å². The van der Waals surface area contributed by atoms with E-state index in [0.29, 0.717) is 32.5 Å². The quantitative estimate of drug-likeness (QED) is 0.835. The van der Waals surface area contributed by atoms with Crippen LogP contribution < -0.4 is 10.6 Å². The maximum absolute atomic E-state index is 13.0. The van der Waals surface area contributed by atoms with Crippen molar-refractivity contribution in [1.82, 2.24) is 24.7 Å². The average Bonchev–Trinajstić information content (AvgIpc) is 3.08. The first-order valence-electron chi connectivity index (χ1n) is 9.55. The summed E-state index contributed by atoms with van der Waals surface area (Å²) in [6.07, 6.45) is 3.18. The number of carbonyl (C=O) groups is 2. The maximum atomic E-state index is 13.0. The third-order valence-corrected chi connectivity index (χ3v) is 5.71. The van der Waals surface area contributed by atoms with Crippen LogP contribution in [0.25, 0.3) is 5.65 Å². The Morgan fingerprint density at radius 1 is 1.07 bits per heavy atom. The van der Waals surface area contributed by atoms with E-state index in [1.165, 1.54) is 0 Å². The van der Waals surface area contributed by atoms with Crippen LogP contribution in [0.3, 0.4) is 0 Å². The van der Waals surface area contributed by atoms with Crippen molar-refractivity contribution < 1.29 is 9.59 Å². The number of carbonyl (C=O) groups excluding carboxylic acids is 2. The molecule has 2 saturated heterocycles. The molecule has 0 spiro atoms. The van der Waals surface area contributed by atoms with Crippen LogP contribution in [0.1, 0.15) is 31.5 Å².